The lowest BCUT2D eigenvalue weighted by atomic mass is 10.2. The highest BCUT2D eigenvalue weighted by atomic mass is 32.2. The summed E-state index contributed by atoms with van der Waals surface area (Å²) in [5, 5.41) is 4.98. The number of benzene rings is 2. The van der Waals surface area contributed by atoms with Gasteiger partial charge in [-0.1, -0.05) is 6.07 Å². The predicted molar refractivity (Wildman–Crippen MR) is 147 cm³/mol. The second-order valence-electron chi connectivity index (χ2n) is 7.83. The molecular weight excluding hydrogens is 515 g/mol. The molecule has 2 aromatic heterocycles. The molecule has 11 heteroatoms. The Morgan fingerprint density at radius 3 is 2.44 bits per heavy atom. The molecule has 0 saturated carbocycles. The molecule has 0 aliphatic carbocycles. The van der Waals surface area contributed by atoms with Crippen molar-refractivity contribution in [3.8, 4) is 17.1 Å². The van der Waals surface area contributed by atoms with Crippen LogP contribution in [0.3, 0.4) is 0 Å². The van der Waals surface area contributed by atoms with Crippen LogP contribution in [0.1, 0.15) is 10.4 Å². The van der Waals surface area contributed by atoms with Crippen LogP contribution in [-0.2, 0) is 10.0 Å². The Balaban J connectivity index is 1.43. The molecule has 0 aliphatic rings. The lowest BCUT2D eigenvalue weighted by Crippen LogP contribution is -2.26. The van der Waals surface area contributed by atoms with E-state index in [4.69, 9.17) is 4.74 Å². The monoisotopic (exact) mass is 539 g/mol. The van der Waals surface area contributed by atoms with Gasteiger partial charge in [-0.2, -0.15) is 0 Å². The van der Waals surface area contributed by atoms with Crippen molar-refractivity contribution in [3.05, 3.63) is 83.9 Å². The lowest BCUT2D eigenvalue weighted by molar-refractivity contribution is 0.102. The summed E-state index contributed by atoms with van der Waals surface area (Å²) >= 11 is 1.28. The molecule has 4 aromatic rings. The largest absolute Gasteiger partial charge is 0.453 e. The maximum Gasteiger partial charge on any atom is 0.264 e. The zero-order valence-electron chi connectivity index (χ0n) is 19.7. The van der Waals surface area contributed by atoms with Gasteiger partial charge in [0.25, 0.3) is 15.9 Å². The highest BCUT2D eigenvalue weighted by Gasteiger charge is 2.22. The van der Waals surface area contributed by atoms with Gasteiger partial charge in [-0.25, -0.2) is 13.4 Å². The number of rotatable bonds is 9. The highest BCUT2D eigenvalue weighted by Crippen LogP contribution is 2.27. The van der Waals surface area contributed by atoms with Crippen LogP contribution in [-0.4, -0.2) is 50.7 Å². The number of aromatic nitrogens is 2. The Bertz CT molecular complexity index is 1470. The summed E-state index contributed by atoms with van der Waals surface area (Å²) in [4.78, 5) is 21.4. The van der Waals surface area contributed by atoms with Gasteiger partial charge in [-0.05, 0) is 60.7 Å². The molecule has 0 fully saturated rings. The van der Waals surface area contributed by atoms with Crippen molar-refractivity contribution in [1.82, 2.24) is 9.97 Å². The van der Waals surface area contributed by atoms with Crippen molar-refractivity contribution in [3.63, 3.8) is 0 Å². The zero-order chi connectivity index (χ0) is 25.7. The minimum atomic E-state index is -3.82. The molecule has 1 N–H and O–H groups in total. The first-order chi connectivity index (χ1) is 17.2. The molecule has 2 heterocycles. The van der Waals surface area contributed by atoms with Crippen LogP contribution < -0.4 is 14.4 Å². The molecule has 0 saturated heterocycles. The number of carbonyl (C=O) groups excluding carboxylic acids is 1. The van der Waals surface area contributed by atoms with E-state index in [1.54, 1.807) is 30.5 Å². The van der Waals surface area contributed by atoms with Gasteiger partial charge >= 0.3 is 0 Å². The second-order valence-corrected chi connectivity index (χ2v) is 12.6. The molecule has 1 atom stereocenters. The van der Waals surface area contributed by atoms with Gasteiger partial charge in [0.2, 0.25) is 6.35 Å². The normalized spacial score (nSPS) is 11.6. The molecule has 0 bridgehead atoms. The number of carbonyl (C=O) groups is 1. The lowest BCUT2D eigenvalue weighted by Gasteiger charge is -2.20. The molecule has 184 valence electrons. The summed E-state index contributed by atoms with van der Waals surface area (Å²) in [6, 6.07) is 18.1. The standard InChI is InChI=1S/C25H23N4O4PS2/c1-29(19-9-11-20(12-10-19)33-17-34(2)3)36(31,32)21-13-7-18(8-14-21)24(30)28-25-27-23(16-35-25)22-6-4-5-15-26-22/h4-16H,2,17H2,1,3H3/p+1. The maximum absolute atomic E-state index is 13.1. The van der Waals surface area contributed by atoms with Gasteiger partial charge in [-0.15, -0.1) is 11.3 Å². The van der Waals surface area contributed by atoms with Gasteiger partial charge in [0.1, 0.15) is 19.0 Å². The van der Waals surface area contributed by atoms with Crippen LogP contribution in [0.2, 0.25) is 0 Å². The minimum Gasteiger partial charge on any atom is -0.453 e. The van der Waals surface area contributed by atoms with E-state index < -0.39 is 17.6 Å². The van der Waals surface area contributed by atoms with Crippen molar-refractivity contribution in [2.75, 3.05) is 29.7 Å². The molecule has 1 unspecified atom stereocenters. The SMILES string of the molecule is C=[P+](C)COc1ccc(N(C)S(=O)(=O)c2ccc(C(=O)Nc3nc(-c4ccccn4)cs3)cc2)cc1. The van der Waals surface area contributed by atoms with Gasteiger partial charge in [0.15, 0.2) is 5.13 Å². The number of nitrogens with one attached hydrogen (secondary N) is 1. The third-order valence-corrected chi connectivity index (χ3v) is 8.21. The average Bonchev–Trinajstić information content (AvgIpc) is 3.36. The number of hydrogen-bond donors (Lipinski definition) is 1. The van der Waals surface area contributed by atoms with E-state index in [-0.39, 0.29) is 10.8 Å². The smallest absolute Gasteiger partial charge is 0.264 e. The van der Waals surface area contributed by atoms with Crippen LogP contribution in [0, 0.1) is 0 Å². The van der Waals surface area contributed by atoms with E-state index in [9.17, 15) is 13.2 Å². The summed E-state index contributed by atoms with van der Waals surface area (Å²) in [6.45, 7) is 2.01. The molecule has 4 rings (SSSR count). The average molecular weight is 540 g/mol. The van der Waals surface area contributed by atoms with Crippen molar-refractivity contribution < 1.29 is 17.9 Å². The summed E-state index contributed by atoms with van der Waals surface area (Å²) in [5.41, 5.74) is 2.18. The number of anilines is 2. The molecule has 2 aromatic carbocycles. The summed E-state index contributed by atoms with van der Waals surface area (Å²) in [5.74, 6) is 0.271. The van der Waals surface area contributed by atoms with Crippen molar-refractivity contribution in [1.29, 1.82) is 0 Å². The third kappa shape index (κ3) is 5.96. The van der Waals surface area contributed by atoms with E-state index in [1.807, 2.05) is 30.2 Å². The highest BCUT2D eigenvalue weighted by molar-refractivity contribution is 7.92. The van der Waals surface area contributed by atoms with E-state index in [1.165, 1.54) is 47.0 Å². The van der Waals surface area contributed by atoms with Crippen LogP contribution in [0.4, 0.5) is 10.8 Å². The van der Waals surface area contributed by atoms with E-state index >= 15 is 0 Å². The first kappa shape index (κ1) is 25.5. The van der Waals surface area contributed by atoms with Crippen molar-refractivity contribution in [2.45, 2.75) is 4.90 Å². The molecule has 0 aliphatic heterocycles. The van der Waals surface area contributed by atoms with Crippen molar-refractivity contribution in [2.24, 2.45) is 0 Å². The first-order valence-corrected chi connectivity index (χ1v) is 15.2. The molecule has 0 spiro atoms. The Kier molecular flexibility index (Phi) is 7.79. The first-order valence-electron chi connectivity index (χ1n) is 10.8. The molecule has 1 amide bonds. The number of pyridine rings is 1. The van der Waals surface area contributed by atoms with Crippen LogP contribution >= 0.6 is 18.9 Å². The number of ether oxygens (including phenoxy) is 1. The molecular formula is C25H24N4O4PS2+. The summed E-state index contributed by atoms with van der Waals surface area (Å²) in [6.07, 6.45) is 6.15. The minimum absolute atomic E-state index is 0.0715. The van der Waals surface area contributed by atoms with E-state index in [0.717, 1.165) is 0 Å². The fraction of sp³-hybridized carbons (Fsp3) is 0.120. The molecule has 36 heavy (non-hydrogen) atoms. The van der Waals surface area contributed by atoms with E-state index in [0.29, 0.717) is 39.9 Å². The Morgan fingerprint density at radius 2 is 1.81 bits per heavy atom. The fourth-order valence-corrected chi connectivity index (χ4v) is 5.41. The molecule has 0 radical (unpaired) electrons. The second kappa shape index (κ2) is 11.0. The fourth-order valence-electron chi connectivity index (χ4n) is 3.14. The Morgan fingerprint density at radius 1 is 1.08 bits per heavy atom. The van der Waals surface area contributed by atoms with Gasteiger partial charge in [-0.3, -0.25) is 19.4 Å². The third-order valence-electron chi connectivity index (χ3n) is 5.08. The number of amides is 1. The van der Waals surface area contributed by atoms with Crippen LogP contribution in [0.15, 0.2) is 83.2 Å². The van der Waals surface area contributed by atoms with Gasteiger partial charge in [0, 0.05) is 24.2 Å². The number of nitrogens with zero attached hydrogens (tertiary/aromatic N) is 3. The number of sulfonamides is 1. The summed E-state index contributed by atoms with van der Waals surface area (Å²) < 4.78 is 33.0. The predicted octanol–water partition coefficient (Wildman–Crippen LogP) is 5.16. The van der Waals surface area contributed by atoms with Crippen molar-refractivity contribution >= 4 is 51.9 Å². The summed E-state index contributed by atoms with van der Waals surface area (Å²) in [7, 11) is -2.78. The number of hydrogen-bond acceptors (Lipinski definition) is 7. The van der Waals surface area contributed by atoms with Gasteiger partial charge in [0.05, 0.1) is 29.2 Å². The van der Waals surface area contributed by atoms with E-state index in [2.05, 4.69) is 21.6 Å². The molecule has 8 nitrogen and oxygen atoms in total. The topological polar surface area (TPSA) is 101 Å². The Labute approximate surface area is 215 Å². The zero-order valence-corrected chi connectivity index (χ0v) is 22.2. The maximum atomic E-state index is 13.1. The van der Waals surface area contributed by atoms with Crippen LogP contribution in [0.5, 0.6) is 5.75 Å². The van der Waals surface area contributed by atoms with Crippen LogP contribution in [0.25, 0.3) is 11.4 Å². The Hall–Kier alpha value is -3.59. The quantitative estimate of drug-likeness (QED) is 0.295. The number of thiazole rings is 1. The van der Waals surface area contributed by atoms with Gasteiger partial charge < -0.3 is 4.74 Å².